The number of benzene rings is 4. The minimum absolute atomic E-state index is 0.00674. The Morgan fingerprint density at radius 3 is 2.24 bits per heavy atom. The van der Waals surface area contributed by atoms with Crippen molar-refractivity contribution in [1.29, 1.82) is 0 Å². The quantitative estimate of drug-likeness (QED) is 0.0319. The zero-order valence-electron chi connectivity index (χ0n) is 40.9. The Morgan fingerprint density at radius 1 is 0.892 bits per heavy atom. The topological polar surface area (TPSA) is 301 Å². The molecule has 2 aliphatic carbocycles. The summed E-state index contributed by atoms with van der Waals surface area (Å²) in [6.45, 7) is 1.86. The highest BCUT2D eigenvalue weighted by Crippen LogP contribution is 2.52. The second kappa shape index (κ2) is 22.7. The smallest absolute Gasteiger partial charge is 0.328 e. The maximum atomic E-state index is 14.1. The van der Waals surface area contributed by atoms with Gasteiger partial charge in [0, 0.05) is 73.6 Å². The monoisotopic (exact) mass is 1030 g/mol. The van der Waals surface area contributed by atoms with E-state index in [0.29, 0.717) is 42.9 Å². The van der Waals surface area contributed by atoms with Gasteiger partial charge in [-0.25, -0.2) is 9.18 Å². The lowest BCUT2D eigenvalue weighted by Gasteiger charge is -2.43. The average molecular weight is 1030 g/mol. The first kappa shape index (κ1) is 53.4. The molecule has 20 nitrogen and oxygen atoms in total. The second-order valence-corrected chi connectivity index (χ2v) is 19.0. The van der Waals surface area contributed by atoms with Crippen molar-refractivity contribution < 1.29 is 77.6 Å². The molecule has 2 amide bonds. The highest BCUT2D eigenvalue weighted by molar-refractivity contribution is 6.31. The number of methoxy groups -OCH3 is 2. The van der Waals surface area contributed by atoms with E-state index in [1.807, 2.05) is 0 Å². The predicted octanol–water partition coefficient (Wildman–Crippen LogP) is 1.56. The summed E-state index contributed by atoms with van der Waals surface area (Å²) in [4.78, 5) is 80.9. The van der Waals surface area contributed by atoms with Crippen LogP contribution in [0.15, 0.2) is 66.7 Å². The van der Waals surface area contributed by atoms with Crippen LogP contribution in [0.4, 0.5) is 10.1 Å². The minimum atomic E-state index is -2.34. The number of halogens is 1. The number of hydrogen-bond acceptors (Lipinski definition) is 18. The summed E-state index contributed by atoms with van der Waals surface area (Å²) in [6.07, 6.45) is -4.12. The Labute approximate surface area is 424 Å². The van der Waals surface area contributed by atoms with Crippen LogP contribution in [0.1, 0.15) is 92.8 Å². The zero-order valence-corrected chi connectivity index (χ0v) is 40.9. The number of nitrogens with one attached hydrogen (secondary N) is 5. The maximum absolute atomic E-state index is 14.1. The van der Waals surface area contributed by atoms with Gasteiger partial charge in [0.25, 0.3) is 0 Å². The molecule has 2 heterocycles. The van der Waals surface area contributed by atoms with E-state index in [4.69, 9.17) is 18.9 Å². The average Bonchev–Trinajstić information content (AvgIpc) is 3.97. The minimum Gasteiger partial charge on any atom is -0.507 e. The molecule has 0 spiro atoms. The highest BCUT2D eigenvalue weighted by Gasteiger charge is 2.50. The van der Waals surface area contributed by atoms with E-state index in [2.05, 4.69) is 26.6 Å². The number of Topliss-reactive ketones (excluding diaryl/α,β-unsaturated/α-hetero) is 1. The van der Waals surface area contributed by atoms with Crippen molar-refractivity contribution in [3.8, 4) is 17.2 Å². The molecular weight excluding hydrogens is 966 g/mol. The van der Waals surface area contributed by atoms with Crippen molar-refractivity contribution in [2.75, 3.05) is 45.8 Å². The molecular formula is C53H60FN5O15. The van der Waals surface area contributed by atoms with Crippen LogP contribution in [0, 0.1) is 5.82 Å². The first-order valence-corrected chi connectivity index (χ1v) is 24.4. The lowest BCUT2D eigenvalue weighted by atomic mass is 9.72. The number of ether oxygens (including phenoxy) is 4. The molecule has 0 saturated carbocycles. The van der Waals surface area contributed by atoms with Crippen LogP contribution in [0.25, 0.3) is 0 Å². The third kappa shape index (κ3) is 11.1. The molecule has 2 saturated heterocycles. The third-order valence-corrected chi connectivity index (χ3v) is 14.2. The van der Waals surface area contributed by atoms with Gasteiger partial charge in [-0.1, -0.05) is 36.4 Å². The molecule has 2 fully saturated rings. The number of amides is 2. The van der Waals surface area contributed by atoms with E-state index in [0.717, 1.165) is 6.42 Å². The number of phenols is 2. The van der Waals surface area contributed by atoms with Crippen LogP contribution in [0.5, 0.6) is 17.2 Å². The summed E-state index contributed by atoms with van der Waals surface area (Å²) >= 11 is 0. The number of carbonyl (C=O) groups excluding carboxylic acids is 6. The molecule has 10 N–H and O–H groups in total. The van der Waals surface area contributed by atoms with Gasteiger partial charge < -0.3 is 71.1 Å². The molecule has 74 heavy (non-hydrogen) atoms. The van der Waals surface area contributed by atoms with Crippen LogP contribution >= 0.6 is 0 Å². The van der Waals surface area contributed by atoms with Gasteiger partial charge in [-0.3, -0.25) is 24.0 Å². The van der Waals surface area contributed by atoms with E-state index in [9.17, 15) is 58.7 Å². The SMILES string of the molecule is COC(=O)C(Cc1ccc(F)cc1)NC(=O)C(Cc1ccc(NCCNC2CC(OC3C[C@](O)(C(=O)CO)Cc4c(O)c5c(c(O)c43)C(=O)c3c(OC)cccc3C5=O)OC(C)C2O)cc1)NC(=O)C1CCCN1. The fraction of sp³-hybridized carbons (Fsp3) is 0.434. The number of fused-ring (bicyclic) bond motifs is 3. The maximum Gasteiger partial charge on any atom is 0.328 e. The lowest BCUT2D eigenvalue weighted by molar-refractivity contribution is -0.249. The van der Waals surface area contributed by atoms with E-state index in [-0.39, 0.29) is 53.2 Å². The van der Waals surface area contributed by atoms with Crippen LogP contribution in [-0.4, -0.2) is 149 Å². The van der Waals surface area contributed by atoms with Gasteiger partial charge in [-0.05, 0) is 67.8 Å². The van der Waals surface area contributed by atoms with Crippen molar-refractivity contribution in [3.63, 3.8) is 0 Å². The number of esters is 1. The van der Waals surface area contributed by atoms with Gasteiger partial charge in [-0.15, -0.1) is 0 Å². The molecule has 0 bridgehead atoms. The van der Waals surface area contributed by atoms with Crippen LogP contribution < -0.4 is 31.3 Å². The number of rotatable bonds is 19. The number of aliphatic hydroxyl groups excluding tert-OH is 2. The van der Waals surface area contributed by atoms with Gasteiger partial charge in [0.2, 0.25) is 17.6 Å². The second-order valence-electron chi connectivity index (χ2n) is 19.0. The molecule has 4 aromatic rings. The van der Waals surface area contributed by atoms with Crippen molar-refractivity contribution in [3.05, 3.63) is 117 Å². The zero-order chi connectivity index (χ0) is 53.0. The van der Waals surface area contributed by atoms with E-state index in [1.165, 1.54) is 56.7 Å². The molecule has 8 rings (SSSR count). The summed E-state index contributed by atoms with van der Waals surface area (Å²) in [5.74, 6) is -6.15. The van der Waals surface area contributed by atoms with Crippen molar-refractivity contribution in [2.45, 2.75) is 106 Å². The molecule has 0 aromatic heterocycles. The molecule has 4 aromatic carbocycles. The summed E-state index contributed by atoms with van der Waals surface area (Å²) < 4.78 is 36.3. The number of aliphatic hydroxyl groups is 3. The Kier molecular flexibility index (Phi) is 16.4. The molecule has 8 unspecified atom stereocenters. The van der Waals surface area contributed by atoms with Crippen LogP contribution in [0.3, 0.4) is 0 Å². The molecule has 9 atom stereocenters. The number of phenolic OH excluding ortho intramolecular Hbond substituents is 2. The molecule has 2 aliphatic heterocycles. The Bertz CT molecular complexity index is 2790. The normalized spacial score (nSPS) is 23.9. The Hall–Kier alpha value is -6.85. The third-order valence-electron chi connectivity index (χ3n) is 14.2. The first-order valence-electron chi connectivity index (χ1n) is 24.4. The largest absolute Gasteiger partial charge is 0.507 e. The number of anilines is 1. The summed E-state index contributed by atoms with van der Waals surface area (Å²) in [6, 6.07) is 13.7. The molecule has 0 radical (unpaired) electrons. The van der Waals surface area contributed by atoms with Gasteiger partial charge in [0.15, 0.2) is 17.9 Å². The number of ketones is 3. The van der Waals surface area contributed by atoms with Gasteiger partial charge in [-0.2, -0.15) is 0 Å². The molecule has 4 aliphatic rings. The van der Waals surface area contributed by atoms with Crippen LogP contribution in [0.2, 0.25) is 0 Å². The fourth-order valence-electron chi connectivity index (χ4n) is 10.2. The van der Waals surface area contributed by atoms with Crippen molar-refractivity contribution in [1.82, 2.24) is 21.3 Å². The lowest BCUT2D eigenvalue weighted by Crippen LogP contribution is -2.55. The van der Waals surface area contributed by atoms with Gasteiger partial charge in [0.1, 0.15) is 47.4 Å². The molecule has 394 valence electrons. The van der Waals surface area contributed by atoms with Gasteiger partial charge >= 0.3 is 5.97 Å². The summed E-state index contributed by atoms with van der Waals surface area (Å²) in [5.41, 5.74) is -1.99. The Balaban J connectivity index is 0.924. The molecule has 21 heteroatoms. The summed E-state index contributed by atoms with van der Waals surface area (Å²) in [5, 5.41) is 71.6. The number of hydrogen-bond donors (Lipinski definition) is 10. The van der Waals surface area contributed by atoms with Crippen molar-refractivity contribution in [2.24, 2.45) is 0 Å². The van der Waals surface area contributed by atoms with Crippen molar-refractivity contribution >= 4 is 40.8 Å². The first-order chi connectivity index (χ1) is 35.4. The van der Waals surface area contributed by atoms with Crippen LogP contribution in [-0.2, 0) is 52.7 Å². The standard InChI is InChI=1S/C53H60FN5O15/c1-26-45(62)34(22-40(73-26)74-38-24-53(70,39(61)25-60)23-32-42(38)49(66)44-43(47(32)64)46(63)31-6-4-8-37(71-2)41(31)48(44)65)57-19-18-55-30-15-11-28(12-16-30)20-35(58-50(67)33-7-5-17-56-33)51(68)59-36(52(69)72-3)21-27-9-13-29(54)14-10-27/h4,6,8-16,26,33-36,38,40,45,55-57,60,62,64,66,70H,5,7,17-25H2,1-3H3,(H,58,67)(H,59,68)/t26?,33?,34?,35?,36?,38?,40?,45?,53-/m0/s1. The van der Waals surface area contributed by atoms with Gasteiger partial charge in [0.05, 0.1) is 55.3 Å². The number of aromatic hydroxyl groups is 2. The summed E-state index contributed by atoms with van der Waals surface area (Å²) in [7, 11) is 2.50. The van der Waals surface area contributed by atoms with E-state index >= 15 is 0 Å². The predicted molar refractivity (Wildman–Crippen MR) is 261 cm³/mol. The highest BCUT2D eigenvalue weighted by atomic mass is 19.1. The Morgan fingerprint density at radius 2 is 1.58 bits per heavy atom. The van der Waals surface area contributed by atoms with E-state index < -0.39 is 131 Å². The fourth-order valence-corrected chi connectivity index (χ4v) is 10.2. The van der Waals surface area contributed by atoms with E-state index in [1.54, 1.807) is 31.2 Å². The number of carbonyl (C=O) groups is 6.